The van der Waals surface area contributed by atoms with Crippen LogP contribution in [-0.4, -0.2) is 18.1 Å². The van der Waals surface area contributed by atoms with Crippen LogP contribution in [0.2, 0.25) is 0 Å². The van der Waals surface area contributed by atoms with Crippen molar-refractivity contribution in [1.82, 2.24) is 4.98 Å². The molecule has 0 atom stereocenters. The summed E-state index contributed by atoms with van der Waals surface area (Å²) in [5.41, 5.74) is 12.1. The largest absolute Gasteiger partial charge is 0.356 e. The second-order valence-corrected chi connectivity index (χ2v) is 7.30. The molecule has 2 aliphatic carbocycles. The highest BCUT2D eigenvalue weighted by molar-refractivity contribution is 5.84. The van der Waals surface area contributed by atoms with E-state index >= 15 is 0 Å². The van der Waals surface area contributed by atoms with Crippen molar-refractivity contribution >= 4 is 16.7 Å². The first-order chi connectivity index (χ1) is 11.7. The van der Waals surface area contributed by atoms with Gasteiger partial charge in [0.05, 0.1) is 12.1 Å². The molecule has 124 valence electrons. The molecule has 24 heavy (non-hydrogen) atoms. The van der Waals surface area contributed by atoms with Gasteiger partial charge in [0.25, 0.3) is 0 Å². The van der Waals surface area contributed by atoms with Crippen LogP contribution in [0.5, 0.6) is 0 Å². The third kappa shape index (κ3) is 3.31. The van der Waals surface area contributed by atoms with E-state index in [1.807, 2.05) is 0 Å². The summed E-state index contributed by atoms with van der Waals surface area (Å²) < 4.78 is 0. The van der Waals surface area contributed by atoms with Crippen LogP contribution in [0.4, 0.5) is 5.82 Å². The maximum absolute atomic E-state index is 8.75. The van der Waals surface area contributed by atoms with Crippen molar-refractivity contribution < 1.29 is 0 Å². The van der Waals surface area contributed by atoms with E-state index in [1.165, 1.54) is 31.2 Å². The van der Waals surface area contributed by atoms with Crippen LogP contribution in [0.15, 0.2) is 29.4 Å². The van der Waals surface area contributed by atoms with E-state index in [9.17, 15) is 0 Å². The number of aryl methyl sites for hydroxylation is 1. The fourth-order valence-corrected chi connectivity index (χ4v) is 3.35. The van der Waals surface area contributed by atoms with Crippen molar-refractivity contribution in [3.8, 4) is 0 Å². The SMILES string of the molecule is Cc1cccc2cc(CN=[N+]=[N-])c(N(CC3CC3)CC3CC3)nc12. The molecule has 2 saturated carbocycles. The van der Waals surface area contributed by atoms with E-state index in [4.69, 9.17) is 10.5 Å². The monoisotopic (exact) mass is 321 g/mol. The van der Waals surface area contributed by atoms with Crippen LogP contribution in [0, 0.1) is 18.8 Å². The van der Waals surface area contributed by atoms with E-state index in [2.05, 4.69) is 46.1 Å². The first-order valence-electron chi connectivity index (χ1n) is 8.89. The number of nitrogens with zero attached hydrogens (tertiary/aromatic N) is 5. The molecule has 0 saturated heterocycles. The lowest BCUT2D eigenvalue weighted by Gasteiger charge is -2.26. The fourth-order valence-electron chi connectivity index (χ4n) is 3.35. The average Bonchev–Trinajstić information content (AvgIpc) is 3.48. The quantitative estimate of drug-likeness (QED) is 0.410. The molecule has 0 spiro atoms. The van der Waals surface area contributed by atoms with E-state index in [0.717, 1.165) is 47.2 Å². The summed E-state index contributed by atoms with van der Waals surface area (Å²) >= 11 is 0. The molecule has 2 aliphatic rings. The number of anilines is 1. The number of pyridine rings is 1. The Kier molecular flexibility index (Phi) is 4.03. The third-order valence-electron chi connectivity index (χ3n) is 5.06. The van der Waals surface area contributed by atoms with E-state index in [1.54, 1.807) is 0 Å². The average molecular weight is 321 g/mol. The molecule has 5 nitrogen and oxygen atoms in total. The topological polar surface area (TPSA) is 64.9 Å². The molecule has 0 radical (unpaired) electrons. The Bertz CT molecular complexity index is 787. The van der Waals surface area contributed by atoms with Crippen LogP contribution in [0.1, 0.15) is 36.8 Å². The molecule has 1 aromatic heterocycles. The van der Waals surface area contributed by atoms with Gasteiger partial charge in [0, 0.05) is 29.0 Å². The summed E-state index contributed by atoms with van der Waals surface area (Å²) in [6.45, 7) is 4.65. The van der Waals surface area contributed by atoms with Crippen LogP contribution < -0.4 is 4.90 Å². The minimum absolute atomic E-state index is 0.370. The Morgan fingerprint density at radius 2 is 1.92 bits per heavy atom. The van der Waals surface area contributed by atoms with Gasteiger partial charge in [0.15, 0.2) is 0 Å². The van der Waals surface area contributed by atoms with Crippen molar-refractivity contribution in [1.29, 1.82) is 0 Å². The van der Waals surface area contributed by atoms with Crippen molar-refractivity contribution in [3.05, 3.63) is 45.8 Å². The summed E-state index contributed by atoms with van der Waals surface area (Å²) in [5.74, 6) is 2.65. The number of aromatic nitrogens is 1. The van der Waals surface area contributed by atoms with Crippen LogP contribution in [0.3, 0.4) is 0 Å². The number of hydrogen-bond donors (Lipinski definition) is 0. The lowest BCUT2D eigenvalue weighted by molar-refractivity contribution is 0.669. The summed E-state index contributed by atoms with van der Waals surface area (Å²) in [6.07, 6.45) is 5.33. The zero-order valence-corrected chi connectivity index (χ0v) is 14.1. The molecule has 0 aliphatic heterocycles. The number of azide groups is 1. The Hall–Kier alpha value is -2.26. The van der Waals surface area contributed by atoms with E-state index in [0.29, 0.717) is 6.54 Å². The molecular formula is C19H23N5. The van der Waals surface area contributed by atoms with E-state index < -0.39 is 0 Å². The summed E-state index contributed by atoms with van der Waals surface area (Å²) in [4.78, 5) is 10.4. The van der Waals surface area contributed by atoms with Crippen LogP contribution in [-0.2, 0) is 6.54 Å². The molecule has 5 heteroatoms. The van der Waals surface area contributed by atoms with Gasteiger partial charge in [-0.3, -0.25) is 0 Å². The van der Waals surface area contributed by atoms with Gasteiger partial charge in [-0.15, -0.1) is 0 Å². The summed E-state index contributed by atoms with van der Waals surface area (Å²) in [5, 5.41) is 4.94. The maximum Gasteiger partial charge on any atom is 0.132 e. The van der Waals surface area contributed by atoms with Gasteiger partial charge < -0.3 is 4.90 Å². The van der Waals surface area contributed by atoms with Crippen LogP contribution >= 0.6 is 0 Å². The standard InChI is InChI=1S/C19H23N5/c1-13-3-2-4-16-9-17(10-21-23-20)19(22-18(13)16)24(11-14-5-6-14)12-15-7-8-15/h2-4,9,14-15H,5-8,10-12H2,1H3. The number of benzene rings is 1. The molecule has 0 N–H and O–H groups in total. The van der Waals surface area contributed by atoms with Gasteiger partial charge in [-0.05, 0) is 61.6 Å². The molecule has 2 aromatic rings. The predicted octanol–water partition coefficient (Wildman–Crippen LogP) is 4.98. The van der Waals surface area contributed by atoms with E-state index in [-0.39, 0.29) is 0 Å². The lowest BCUT2D eigenvalue weighted by Crippen LogP contribution is -2.30. The first kappa shape index (κ1) is 15.3. The maximum atomic E-state index is 8.75. The Morgan fingerprint density at radius 1 is 1.21 bits per heavy atom. The second kappa shape index (κ2) is 6.33. The van der Waals surface area contributed by atoms with Gasteiger partial charge in [0.2, 0.25) is 0 Å². The summed E-state index contributed by atoms with van der Waals surface area (Å²) in [6, 6.07) is 8.41. The summed E-state index contributed by atoms with van der Waals surface area (Å²) in [7, 11) is 0. The Morgan fingerprint density at radius 3 is 2.54 bits per heavy atom. The molecule has 4 rings (SSSR count). The van der Waals surface area contributed by atoms with Crippen molar-refractivity contribution in [2.75, 3.05) is 18.0 Å². The van der Waals surface area contributed by atoms with Crippen molar-refractivity contribution in [2.45, 2.75) is 39.2 Å². The third-order valence-corrected chi connectivity index (χ3v) is 5.06. The Labute approximate surface area is 142 Å². The zero-order valence-electron chi connectivity index (χ0n) is 14.1. The Balaban J connectivity index is 1.78. The molecule has 0 unspecified atom stereocenters. The highest BCUT2D eigenvalue weighted by atomic mass is 15.2. The first-order valence-corrected chi connectivity index (χ1v) is 8.89. The van der Waals surface area contributed by atoms with Gasteiger partial charge in [-0.1, -0.05) is 23.3 Å². The number of fused-ring (bicyclic) bond motifs is 1. The fraction of sp³-hybridized carbons (Fsp3) is 0.526. The molecule has 1 heterocycles. The van der Waals surface area contributed by atoms with Gasteiger partial charge in [-0.2, -0.15) is 0 Å². The van der Waals surface area contributed by atoms with Gasteiger partial charge in [0.1, 0.15) is 5.82 Å². The lowest BCUT2D eigenvalue weighted by atomic mass is 10.1. The molecular weight excluding hydrogens is 298 g/mol. The second-order valence-electron chi connectivity index (χ2n) is 7.30. The van der Waals surface area contributed by atoms with Crippen molar-refractivity contribution in [3.63, 3.8) is 0 Å². The molecule has 2 fully saturated rings. The van der Waals surface area contributed by atoms with Crippen LogP contribution in [0.25, 0.3) is 21.3 Å². The normalized spacial score (nSPS) is 16.9. The minimum atomic E-state index is 0.370. The van der Waals surface area contributed by atoms with Gasteiger partial charge >= 0.3 is 0 Å². The molecule has 0 amide bonds. The molecule has 0 bridgehead atoms. The number of rotatable bonds is 7. The predicted molar refractivity (Wildman–Crippen MR) is 97.0 cm³/mol. The number of para-hydroxylation sites is 1. The zero-order chi connectivity index (χ0) is 16.5. The minimum Gasteiger partial charge on any atom is -0.356 e. The van der Waals surface area contributed by atoms with Crippen molar-refractivity contribution in [2.24, 2.45) is 17.0 Å². The molecule has 1 aromatic carbocycles. The highest BCUT2D eigenvalue weighted by Crippen LogP contribution is 2.37. The van der Waals surface area contributed by atoms with Gasteiger partial charge in [-0.25, -0.2) is 4.98 Å². The number of hydrogen-bond acceptors (Lipinski definition) is 3. The smallest absolute Gasteiger partial charge is 0.132 e. The highest BCUT2D eigenvalue weighted by Gasteiger charge is 2.30.